The summed E-state index contributed by atoms with van der Waals surface area (Å²) in [5.41, 5.74) is -0.518. The SMILES string of the molecule is CC1CC(NC(=O)OC(C)(C)C)CN1C(=O)Cl. The molecule has 98 valence electrons. The smallest absolute Gasteiger partial charge is 0.407 e. The zero-order valence-corrected chi connectivity index (χ0v) is 11.4. The zero-order valence-electron chi connectivity index (χ0n) is 10.6. The van der Waals surface area contributed by atoms with E-state index < -0.39 is 17.1 Å². The molecule has 0 radical (unpaired) electrons. The van der Waals surface area contributed by atoms with Gasteiger partial charge >= 0.3 is 11.5 Å². The van der Waals surface area contributed by atoms with Crippen LogP contribution in [0.5, 0.6) is 0 Å². The third-order valence-electron chi connectivity index (χ3n) is 2.52. The molecule has 2 amide bonds. The van der Waals surface area contributed by atoms with Crippen LogP contribution in [0.1, 0.15) is 34.1 Å². The first-order valence-corrected chi connectivity index (χ1v) is 6.02. The van der Waals surface area contributed by atoms with Gasteiger partial charge in [-0.1, -0.05) is 0 Å². The largest absolute Gasteiger partial charge is 0.444 e. The second-order valence-electron chi connectivity index (χ2n) is 5.33. The topological polar surface area (TPSA) is 58.6 Å². The third kappa shape index (κ3) is 4.42. The first-order chi connectivity index (χ1) is 7.69. The highest BCUT2D eigenvalue weighted by molar-refractivity contribution is 6.62. The molecule has 0 bridgehead atoms. The molecule has 6 heteroatoms. The van der Waals surface area contributed by atoms with E-state index in [2.05, 4.69) is 5.32 Å². The van der Waals surface area contributed by atoms with E-state index in [1.165, 1.54) is 4.90 Å². The van der Waals surface area contributed by atoms with Crippen LogP contribution < -0.4 is 5.32 Å². The number of hydrogen-bond donors (Lipinski definition) is 1. The Balaban J connectivity index is 2.45. The molecule has 1 saturated heterocycles. The lowest BCUT2D eigenvalue weighted by molar-refractivity contribution is 0.0506. The first kappa shape index (κ1) is 14.1. The normalized spacial score (nSPS) is 24.6. The van der Waals surface area contributed by atoms with Crippen LogP contribution in [0.4, 0.5) is 9.59 Å². The van der Waals surface area contributed by atoms with Crippen LogP contribution in [-0.2, 0) is 4.74 Å². The van der Waals surface area contributed by atoms with E-state index in [1.54, 1.807) is 20.8 Å². The van der Waals surface area contributed by atoms with Gasteiger partial charge in [-0.3, -0.25) is 4.79 Å². The Labute approximate surface area is 106 Å². The van der Waals surface area contributed by atoms with Crippen molar-refractivity contribution in [1.82, 2.24) is 10.2 Å². The number of carbonyl (C=O) groups excluding carboxylic acids is 2. The summed E-state index contributed by atoms with van der Waals surface area (Å²) in [5.74, 6) is 0. The van der Waals surface area contributed by atoms with Crippen LogP contribution in [0.3, 0.4) is 0 Å². The summed E-state index contributed by atoms with van der Waals surface area (Å²) in [6, 6.07) is -0.0533. The maximum Gasteiger partial charge on any atom is 0.407 e. The Hall–Kier alpha value is -0.970. The van der Waals surface area contributed by atoms with Crippen molar-refractivity contribution < 1.29 is 14.3 Å². The Morgan fingerprint density at radius 1 is 1.41 bits per heavy atom. The monoisotopic (exact) mass is 262 g/mol. The number of nitrogens with zero attached hydrogens (tertiary/aromatic N) is 1. The summed E-state index contributed by atoms with van der Waals surface area (Å²) in [6.07, 6.45) is 0.233. The van der Waals surface area contributed by atoms with Gasteiger partial charge in [0.15, 0.2) is 0 Å². The summed E-state index contributed by atoms with van der Waals surface area (Å²) in [7, 11) is 0. The Kier molecular flexibility index (Phi) is 4.25. The van der Waals surface area contributed by atoms with Crippen LogP contribution >= 0.6 is 11.6 Å². The van der Waals surface area contributed by atoms with Crippen molar-refractivity contribution in [3.63, 3.8) is 0 Å². The molecular weight excluding hydrogens is 244 g/mol. The summed E-state index contributed by atoms with van der Waals surface area (Å²) in [6.45, 7) is 7.75. The summed E-state index contributed by atoms with van der Waals surface area (Å²) < 4.78 is 5.14. The highest BCUT2D eigenvalue weighted by Crippen LogP contribution is 2.19. The number of ether oxygens (including phenoxy) is 1. The van der Waals surface area contributed by atoms with E-state index >= 15 is 0 Å². The van der Waals surface area contributed by atoms with Gasteiger partial charge in [0.2, 0.25) is 0 Å². The molecule has 17 heavy (non-hydrogen) atoms. The molecule has 1 heterocycles. The van der Waals surface area contributed by atoms with Crippen molar-refractivity contribution >= 4 is 23.1 Å². The maximum absolute atomic E-state index is 11.5. The number of amides is 2. The minimum Gasteiger partial charge on any atom is -0.444 e. The lowest BCUT2D eigenvalue weighted by Gasteiger charge is -2.21. The number of halogens is 1. The summed E-state index contributed by atoms with van der Waals surface area (Å²) >= 11 is 5.43. The second kappa shape index (κ2) is 5.12. The first-order valence-electron chi connectivity index (χ1n) is 5.64. The molecule has 1 N–H and O–H groups in total. The molecule has 0 spiro atoms. The molecule has 5 nitrogen and oxygen atoms in total. The van der Waals surface area contributed by atoms with E-state index in [1.807, 2.05) is 6.92 Å². The molecule has 2 unspecified atom stereocenters. The van der Waals surface area contributed by atoms with Gasteiger partial charge in [-0.25, -0.2) is 4.79 Å². The van der Waals surface area contributed by atoms with Gasteiger partial charge in [-0.05, 0) is 45.7 Å². The third-order valence-corrected chi connectivity index (χ3v) is 2.74. The molecule has 1 fully saturated rings. The Morgan fingerprint density at radius 2 is 2.00 bits per heavy atom. The van der Waals surface area contributed by atoms with Crippen molar-refractivity contribution in [2.75, 3.05) is 6.54 Å². The van der Waals surface area contributed by atoms with Gasteiger partial charge in [-0.15, -0.1) is 0 Å². The second-order valence-corrected chi connectivity index (χ2v) is 5.66. The molecule has 0 aromatic heterocycles. The van der Waals surface area contributed by atoms with Crippen molar-refractivity contribution in [2.24, 2.45) is 0 Å². The van der Waals surface area contributed by atoms with E-state index in [0.717, 1.165) is 0 Å². The van der Waals surface area contributed by atoms with Gasteiger partial charge < -0.3 is 15.0 Å². The molecule has 1 aliphatic heterocycles. The molecule has 1 aliphatic rings. The number of nitrogens with one attached hydrogen (secondary N) is 1. The van der Waals surface area contributed by atoms with Crippen molar-refractivity contribution in [1.29, 1.82) is 0 Å². The Bertz CT molecular complexity index is 314. The molecule has 0 saturated carbocycles. The molecule has 0 aliphatic carbocycles. The standard InChI is InChI=1S/C11H19ClN2O3/c1-7-5-8(6-14(7)9(12)15)13-10(16)17-11(2,3)4/h7-8H,5-6H2,1-4H3,(H,13,16). The molecule has 0 aromatic carbocycles. The number of hydrogen-bond acceptors (Lipinski definition) is 3. The van der Waals surface area contributed by atoms with E-state index in [-0.39, 0.29) is 12.1 Å². The van der Waals surface area contributed by atoms with Crippen LogP contribution in [0.25, 0.3) is 0 Å². The highest BCUT2D eigenvalue weighted by atomic mass is 35.5. The minimum atomic E-state index is -0.518. The average Bonchev–Trinajstić information content (AvgIpc) is 2.42. The lowest BCUT2D eigenvalue weighted by atomic mass is 10.2. The van der Waals surface area contributed by atoms with Gasteiger partial charge in [0, 0.05) is 12.6 Å². The van der Waals surface area contributed by atoms with Crippen molar-refractivity contribution in [3.05, 3.63) is 0 Å². The predicted octanol–water partition coefficient (Wildman–Crippen LogP) is 2.33. The predicted molar refractivity (Wildman–Crippen MR) is 65.2 cm³/mol. The maximum atomic E-state index is 11.5. The number of carbonyl (C=O) groups is 2. The molecule has 0 aromatic rings. The fourth-order valence-corrected chi connectivity index (χ4v) is 2.09. The van der Waals surface area contributed by atoms with Crippen LogP contribution in [0.15, 0.2) is 0 Å². The highest BCUT2D eigenvalue weighted by Gasteiger charge is 2.33. The molecule has 2 atom stereocenters. The van der Waals surface area contributed by atoms with Gasteiger partial charge in [0.05, 0.1) is 6.04 Å². The lowest BCUT2D eigenvalue weighted by Crippen LogP contribution is -2.40. The summed E-state index contributed by atoms with van der Waals surface area (Å²) in [4.78, 5) is 24.1. The van der Waals surface area contributed by atoms with E-state index in [9.17, 15) is 9.59 Å². The van der Waals surface area contributed by atoms with E-state index in [4.69, 9.17) is 16.3 Å². The van der Waals surface area contributed by atoms with Crippen molar-refractivity contribution in [3.8, 4) is 0 Å². The molecule has 1 rings (SSSR count). The van der Waals surface area contributed by atoms with Crippen molar-refractivity contribution in [2.45, 2.75) is 51.8 Å². The number of rotatable bonds is 1. The zero-order chi connectivity index (χ0) is 13.2. The van der Waals surface area contributed by atoms with Gasteiger partial charge in [0.1, 0.15) is 5.60 Å². The van der Waals surface area contributed by atoms with Crippen LogP contribution in [0, 0.1) is 0 Å². The summed E-state index contributed by atoms with van der Waals surface area (Å²) in [5, 5.41) is 2.26. The molecular formula is C11H19ClN2O3. The van der Waals surface area contributed by atoms with Crippen LogP contribution in [0.2, 0.25) is 0 Å². The van der Waals surface area contributed by atoms with E-state index in [0.29, 0.717) is 13.0 Å². The fraction of sp³-hybridized carbons (Fsp3) is 0.818. The fourth-order valence-electron chi connectivity index (χ4n) is 1.85. The average molecular weight is 263 g/mol. The number of alkyl carbamates (subject to hydrolysis) is 1. The quantitative estimate of drug-likeness (QED) is 0.583. The Morgan fingerprint density at radius 3 is 2.41 bits per heavy atom. The van der Waals surface area contributed by atoms with Gasteiger partial charge in [0.25, 0.3) is 0 Å². The van der Waals surface area contributed by atoms with Gasteiger partial charge in [-0.2, -0.15) is 0 Å². The van der Waals surface area contributed by atoms with Crippen LogP contribution in [-0.4, -0.2) is 40.6 Å². The number of likely N-dealkylation sites (tertiary alicyclic amines) is 1. The minimum absolute atomic E-state index is 0.0416.